The van der Waals surface area contributed by atoms with Crippen LogP contribution in [0.3, 0.4) is 0 Å². The van der Waals surface area contributed by atoms with Gasteiger partial charge in [-0.1, -0.05) is 0 Å². The number of ketones is 1. The summed E-state index contributed by atoms with van der Waals surface area (Å²) in [6, 6.07) is 0. The SMILES string of the molecule is COCO[C@@H]1C[C@@H]2CCC(=O)[C@@H](C2)C1. The third-order valence-corrected chi connectivity index (χ3v) is 3.44. The second-order valence-electron chi connectivity index (χ2n) is 4.47. The normalized spacial score (nSPS) is 37.2. The first kappa shape index (κ1) is 10.1. The molecule has 2 fully saturated rings. The molecule has 0 radical (unpaired) electrons. The summed E-state index contributed by atoms with van der Waals surface area (Å²) in [5.74, 6) is 1.45. The van der Waals surface area contributed by atoms with E-state index in [1.54, 1.807) is 7.11 Å². The molecule has 0 heterocycles. The van der Waals surface area contributed by atoms with Crippen LogP contribution in [0.25, 0.3) is 0 Å². The van der Waals surface area contributed by atoms with Crippen molar-refractivity contribution in [3.8, 4) is 0 Å². The third-order valence-electron chi connectivity index (χ3n) is 3.44. The molecule has 0 amide bonds. The van der Waals surface area contributed by atoms with Crippen molar-refractivity contribution in [2.45, 2.75) is 38.2 Å². The lowest BCUT2D eigenvalue weighted by Crippen LogP contribution is -2.36. The van der Waals surface area contributed by atoms with Crippen molar-refractivity contribution in [3.05, 3.63) is 0 Å². The lowest BCUT2D eigenvalue weighted by molar-refractivity contribution is -0.136. The molecular formula is C11H18O3. The molecule has 3 heteroatoms. The summed E-state index contributed by atoms with van der Waals surface area (Å²) in [4.78, 5) is 11.5. The fourth-order valence-corrected chi connectivity index (χ4v) is 2.73. The topological polar surface area (TPSA) is 35.5 Å². The minimum absolute atomic E-state index is 0.253. The number of Topliss-reactive ketones (excluding diaryl/α,β-unsaturated/α-hetero) is 1. The Labute approximate surface area is 84.8 Å². The summed E-state index contributed by atoms with van der Waals surface area (Å²) >= 11 is 0. The zero-order valence-corrected chi connectivity index (χ0v) is 8.70. The van der Waals surface area contributed by atoms with E-state index in [-0.39, 0.29) is 12.0 Å². The highest BCUT2D eigenvalue weighted by Gasteiger charge is 2.36. The van der Waals surface area contributed by atoms with E-state index in [0.717, 1.165) is 32.1 Å². The van der Waals surface area contributed by atoms with Gasteiger partial charge in [0.2, 0.25) is 0 Å². The van der Waals surface area contributed by atoms with E-state index in [4.69, 9.17) is 9.47 Å². The van der Waals surface area contributed by atoms with E-state index in [1.165, 1.54) is 0 Å². The molecule has 2 aliphatic carbocycles. The number of hydrogen-bond acceptors (Lipinski definition) is 3. The Morgan fingerprint density at radius 3 is 3.00 bits per heavy atom. The lowest BCUT2D eigenvalue weighted by Gasteiger charge is -2.37. The van der Waals surface area contributed by atoms with Crippen molar-refractivity contribution in [1.29, 1.82) is 0 Å². The highest BCUT2D eigenvalue weighted by Crippen LogP contribution is 2.38. The van der Waals surface area contributed by atoms with Gasteiger partial charge in [-0.05, 0) is 31.6 Å². The van der Waals surface area contributed by atoms with Gasteiger partial charge in [0, 0.05) is 19.4 Å². The molecule has 3 atom stereocenters. The summed E-state index contributed by atoms with van der Waals surface area (Å²) in [6.45, 7) is 0.359. The van der Waals surface area contributed by atoms with Crippen molar-refractivity contribution in [3.63, 3.8) is 0 Å². The number of fused-ring (bicyclic) bond motifs is 2. The Morgan fingerprint density at radius 2 is 2.21 bits per heavy atom. The predicted molar refractivity (Wildman–Crippen MR) is 51.8 cm³/mol. The molecule has 2 aliphatic rings. The molecule has 0 unspecified atom stereocenters. The van der Waals surface area contributed by atoms with Gasteiger partial charge >= 0.3 is 0 Å². The minimum atomic E-state index is 0.253. The van der Waals surface area contributed by atoms with Crippen LogP contribution in [0.15, 0.2) is 0 Å². The molecule has 80 valence electrons. The zero-order chi connectivity index (χ0) is 9.97. The van der Waals surface area contributed by atoms with Crippen molar-refractivity contribution in [2.24, 2.45) is 11.8 Å². The van der Waals surface area contributed by atoms with Crippen LogP contribution < -0.4 is 0 Å². The smallest absolute Gasteiger partial charge is 0.146 e. The maximum atomic E-state index is 11.5. The molecule has 0 saturated heterocycles. The predicted octanol–water partition coefficient (Wildman–Crippen LogP) is 1.75. The number of rotatable bonds is 3. The van der Waals surface area contributed by atoms with Gasteiger partial charge in [0.05, 0.1) is 6.10 Å². The highest BCUT2D eigenvalue weighted by molar-refractivity contribution is 5.81. The average molecular weight is 198 g/mol. The molecule has 0 aliphatic heterocycles. The van der Waals surface area contributed by atoms with Gasteiger partial charge in [0.25, 0.3) is 0 Å². The third kappa shape index (κ3) is 2.15. The van der Waals surface area contributed by atoms with E-state index >= 15 is 0 Å². The molecule has 2 rings (SSSR count). The van der Waals surface area contributed by atoms with Gasteiger partial charge in [0.1, 0.15) is 12.6 Å². The molecule has 0 aromatic carbocycles. The van der Waals surface area contributed by atoms with E-state index < -0.39 is 0 Å². The van der Waals surface area contributed by atoms with Crippen LogP contribution in [0.1, 0.15) is 32.1 Å². The largest absolute Gasteiger partial charge is 0.359 e. The number of carbonyl (C=O) groups excluding carboxylic acids is 1. The Balaban J connectivity index is 1.88. The summed E-state index contributed by atoms with van der Waals surface area (Å²) in [5.41, 5.74) is 0. The first-order valence-corrected chi connectivity index (χ1v) is 5.43. The second kappa shape index (κ2) is 4.41. The maximum absolute atomic E-state index is 11.5. The average Bonchev–Trinajstić information content (AvgIpc) is 2.21. The van der Waals surface area contributed by atoms with Crippen LogP contribution in [-0.4, -0.2) is 25.8 Å². The number of methoxy groups -OCH3 is 1. The fourth-order valence-electron chi connectivity index (χ4n) is 2.73. The van der Waals surface area contributed by atoms with Crippen LogP contribution >= 0.6 is 0 Å². The van der Waals surface area contributed by atoms with Gasteiger partial charge in [-0.3, -0.25) is 4.79 Å². The summed E-state index contributed by atoms with van der Waals surface area (Å²) in [5, 5.41) is 0. The van der Waals surface area contributed by atoms with Crippen molar-refractivity contribution in [2.75, 3.05) is 13.9 Å². The monoisotopic (exact) mass is 198 g/mol. The first-order valence-electron chi connectivity index (χ1n) is 5.43. The van der Waals surface area contributed by atoms with E-state index in [1.807, 2.05) is 0 Å². The van der Waals surface area contributed by atoms with Crippen molar-refractivity contribution < 1.29 is 14.3 Å². The van der Waals surface area contributed by atoms with E-state index in [2.05, 4.69) is 0 Å². The molecule has 3 nitrogen and oxygen atoms in total. The molecule has 0 aromatic heterocycles. The van der Waals surface area contributed by atoms with Crippen LogP contribution in [-0.2, 0) is 14.3 Å². The minimum Gasteiger partial charge on any atom is -0.359 e. The second-order valence-corrected chi connectivity index (χ2v) is 4.47. The van der Waals surface area contributed by atoms with E-state index in [0.29, 0.717) is 18.5 Å². The van der Waals surface area contributed by atoms with Crippen molar-refractivity contribution in [1.82, 2.24) is 0 Å². The molecule has 2 saturated carbocycles. The Bertz CT molecular complexity index is 215. The molecule has 0 aromatic rings. The van der Waals surface area contributed by atoms with Crippen LogP contribution in [0.5, 0.6) is 0 Å². The van der Waals surface area contributed by atoms with E-state index in [9.17, 15) is 4.79 Å². The van der Waals surface area contributed by atoms with Gasteiger partial charge in [0.15, 0.2) is 0 Å². The van der Waals surface area contributed by atoms with Gasteiger partial charge in [-0.25, -0.2) is 0 Å². The Kier molecular flexibility index (Phi) is 3.19. The highest BCUT2D eigenvalue weighted by atomic mass is 16.7. The number of hydrogen-bond donors (Lipinski definition) is 0. The van der Waals surface area contributed by atoms with Gasteiger partial charge in [-0.15, -0.1) is 0 Å². The zero-order valence-electron chi connectivity index (χ0n) is 8.70. The molecule has 0 N–H and O–H groups in total. The molecule has 0 spiro atoms. The van der Waals surface area contributed by atoms with Crippen LogP contribution in [0, 0.1) is 11.8 Å². The maximum Gasteiger partial charge on any atom is 0.146 e. The van der Waals surface area contributed by atoms with Crippen LogP contribution in [0.4, 0.5) is 0 Å². The quantitative estimate of drug-likeness (QED) is 0.648. The van der Waals surface area contributed by atoms with Crippen LogP contribution in [0.2, 0.25) is 0 Å². The molecule has 14 heavy (non-hydrogen) atoms. The Hall–Kier alpha value is -0.410. The first-order chi connectivity index (χ1) is 6.79. The van der Waals surface area contributed by atoms with Gasteiger partial charge in [-0.2, -0.15) is 0 Å². The fraction of sp³-hybridized carbons (Fsp3) is 0.909. The summed E-state index contributed by atoms with van der Waals surface area (Å²) < 4.78 is 10.4. The number of ether oxygens (including phenoxy) is 2. The summed E-state index contributed by atoms with van der Waals surface area (Å²) in [6.07, 6.45) is 5.26. The Morgan fingerprint density at radius 1 is 1.36 bits per heavy atom. The standard InChI is InChI=1S/C11H18O3/c1-13-7-14-10-5-8-2-3-11(12)9(4-8)6-10/h8-10H,2-7H2,1H3/t8-,9+,10-/m1/s1. The molecular weight excluding hydrogens is 180 g/mol. The van der Waals surface area contributed by atoms with Gasteiger partial charge < -0.3 is 9.47 Å². The molecule has 2 bridgehead atoms. The van der Waals surface area contributed by atoms with Crippen molar-refractivity contribution >= 4 is 5.78 Å². The lowest BCUT2D eigenvalue weighted by atomic mass is 9.70. The number of carbonyl (C=O) groups is 1. The summed E-state index contributed by atoms with van der Waals surface area (Å²) in [7, 11) is 1.63.